The number of hydrogen-bond acceptors (Lipinski definition) is 4. The summed E-state index contributed by atoms with van der Waals surface area (Å²) < 4.78 is 0. The molecule has 0 aliphatic carbocycles. The summed E-state index contributed by atoms with van der Waals surface area (Å²) in [4.78, 5) is 5.37. The van der Waals surface area contributed by atoms with E-state index in [0.717, 1.165) is 24.7 Å². The number of nitrogens with one attached hydrogen (secondary N) is 2. The molecule has 1 heterocycles. The van der Waals surface area contributed by atoms with Gasteiger partial charge in [0.2, 0.25) is 0 Å². The summed E-state index contributed by atoms with van der Waals surface area (Å²) in [6.07, 6.45) is 2.68. The van der Waals surface area contributed by atoms with E-state index in [-0.39, 0.29) is 0 Å². The summed E-state index contributed by atoms with van der Waals surface area (Å²) in [6.45, 7) is 6.23. The monoisotopic (exact) mass is 262 g/mol. The molecule has 2 N–H and O–H groups in total. The van der Waals surface area contributed by atoms with Gasteiger partial charge < -0.3 is 5.32 Å². The molecule has 0 saturated carbocycles. The van der Waals surface area contributed by atoms with Crippen LogP contribution in [0.4, 0.5) is 0 Å². The largest absolute Gasteiger partial charge is 0.313 e. The highest BCUT2D eigenvalue weighted by molar-refractivity contribution is 7.99. The lowest BCUT2D eigenvalue weighted by atomic mass is 10.1. The SMILES string of the molecule is CCCNCc1cc(C)ccc1Sc1ncn[nH]1. The molecule has 0 radical (unpaired) electrons. The average molecular weight is 262 g/mol. The molecule has 0 aliphatic rings. The first-order chi connectivity index (χ1) is 8.79. The quantitative estimate of drug-likeness (QED) is 0.786. The molecule has 1 aromatic carbocycles. The number of H-pyrrole nitrogens is 1. The molecular formula is C13H18N4S. The average Bonchev–Trinajstić information content (AvgIpc) is 2.86. The number of aryl methyl sites for hydroxylation is 1. The lowest BCUT2D eigenvalue weighted by molar-refractivity contribution is 0.669. The van der Waals surface area contributed by atoms with Gasteiger partial charge in [-0.1, -0.05) is 36.4 Å². The van der Waals surface area contributed by atoms with Crippen LogP contribution in [0.5, 0.6) is 0 Å². The fraction of sp³-hybridized carbons (Fsp3) is 0.385. The summed E-state index contributed by atoms with van der Waals surface area (Å²) >= 11 is 1.62. The smallest absolute Gasteiger partial charge is 0.188 e. The predicted octanol–water partition coefficient (Wildman–Crippen LogP) is 2.76. The van der Waals surface area contributed by atoms with Gasteiger partial charge in [-0.2, -0.15) is 5.10 Å². The van der Waals surface area contributed by atoms with Crippen LogP contribution in [0.3, 0.4) is 0 Å². The van der Waals surface area contributed by atoms with Crippen molar-refractivity contribution in [2.24, 2.45) is 0 Å². The van der Waals surface area contributed by atoms with E-state index in [2.05, 4.69) is 52.5 Å². The standard InChI is InChI=1S/C13H18N4S/c1-3-6-14-8-11-7-10(2)4-5-12(11)18-13-15-9-16-17-13/h4-5,7,9,14H,3,6,8H2,1-2H3,(H,15,16,17). The van der Waals surface area contributed by atoms with Gasteiger partial charge in [0.1, 0.15) is 6.33 Å². The van der Waals surface area contributed by atoms with Gasteiger partial charge in [0.05, 0.1) is 0 Å². The Bertz CT molecular complexity index is 482. The Hall–Kier alpha value is -1.33. The summed E-state index contributed by atoms with van der Waals surface area (Å²) in [6, 6.07) is 6.49. The first-order valence-electron chi connectivity index (χ1n) is 6.13. The molecule has 0 amide bonds. The minimum absolute atomic E-state index is 0.829. The highest BCUT2D eigenvalue weighted by Gasteiger charge is 2.06. The Labute approximate surface area is 112 Å². The van der Waals surface area contributed by atoms with E-state index in [1.165, 1.54) is 22.3 Å². The molecule has 0 saturated heterocycles. The van der Waals surface area contributed by atoms with Gasteiger partial charge in [-0.3, -0.25) is 5.10 Å². The third-order valence-electron chi connectivity index (χ3n) is 2.56. The van der Waals surface area contributed by atoms with Gasteiger partial charge >= 0.3 is 0 Å². The third-order valence-corrected chi connectivity index (χ3v) is 3.57. The van der Waals surface area contributed by atoms with Crippen molar-refractivity contribution in [1.29, 1.82) is 0 Å². The van der Waals surface area contributed by atoms with E-state index >= 15 is 0 Å². The third kappa shape index (κ3) is 3.58. The lowest BCUT2D eigenvalue weighted by Gasteiger charge is -2.10. The molecule has 0 bridgehead atoms. The van der Waals surface area contributed by atoms with Gasteiger partial charge in [0.25, 0.3) is 0 Å². The van der Waals surface area contributed by atoms with Crippen LogP contribution in [0.25, 0.3) is 0 Å². The summed E-state index contributed by atoms with van der Waals surface area (Å²) in [7, 11) is 0. The van der Waals surface area contributed by atoms with Crippen molar-refractivity contribution in [2.45, 2.75) is 36.9 Å². The van der Waals surface area contributed by atoms with E-state index in [9.17, 15) is 0 Å². The zero-order valence-corrected chi connectivity index (χ0v) is 11.5. The molecule has 2 aromatic rings. The van der Waals surface area contributed by atoms with Crippen molar-refractivity contribution < 1.29 is 0 Å². The molecule has 5 heteroatoms. The number of aromatic nitrogens is 3. The van der Waals surface area contributed by atoms with Gasteiger partial charge in [-0.25, -0.2) is 4.98 Å². The second kappa shape index (κ2) is 6.56. The van der Waals surface area contributed by atoms with Gasteiger partial charge in [0.15, 0.2) is 5.16 Å². The molecule has 96 valence electrons. The second-order valence-corrected chi connectivity index (χ2v) is 5.21. The Morgan fingerprint density at radius 2 is 2.28 bits per heavy atom. The molecule has 0 atom stereocenters. The Balaban J connectivity index is 2.12. The van der Waals surface area contributed by atoms with Crippen LogP contribution in [0.1, 0.15) is 24.5 Å². The number of aromatic amines is 1. The highest BCUT2D eigenvalue weighted by Crippen LogP contribution is 2.28. The fourth-order valence-electron chi connectivity index (χ4n) is 1.69. The molecular weight excluding hydrogens is 244 g/mol. The molecule has 0 spiro atoms. The zero-order chi connectivity index (χ0) is 12.8. The van der Waals surface area contributed by atoms with E-state index in [4.69, 9.17) is 0 Å². The fourth-order valence-corrected chi connectivity index (χ4v) is 2.50. The predicted molar refractivity (Wildman–Crippen MR) is 73.7 cm³/mol. The van der Waals surface area contributed by atoms with E-state index in [1.807, 2.05) is 0 Å². The first-order valence-corrected chi connectivity index (χ1v) is 6.94. The van der Waals surface area contributed by atoms with E-state index in [0.29, 0.717) is 0 Å². The van der Waals surface area contributed by atoms with Crippen LogP contribution < -0.4 is 5.32 Å². The Morgan fingerprint density at radius 3 is 3.00 bits per heavy atom. The molecule has 4 nitrogen and oxygen atoms in total. The van der Waals surface area contributed by atoms with Crippen molar-refractivity contribution in [3.63, 3.8) is 0 Å². The number of nitrogens with zero attached hydrogens (tertiary/aromatic N) is 2. The zero-order valence-electron chi connectivity index (χ0n) is 10.7. The summed E-state index contributed by atoms with van der Waals surface area (Å²) in [5.74, 6) is 0. The summed E-state index contributed by atoms with van der Waals surface area (Å²) in [5.41, 5.74) is 2.59. The van der Waals surface area contributed by atoms with Crippen molar-refractivity contribution in [1.82, 2.24) is 20.5 Å². The lowest BCUT2D eigenvalue weighted by Crippen LogP contribution is -2.14. The molecule has 0 unspecified atom stereocenters. The number of benzene rings is 1. The van der Waals surface area contributed by atoms with Crippen molar-refractivity contribution in [3.05, 3.63) is 35.7 Å². The van der Waals surface area contributed by atoms with E-state index < -0.39 is 0 Å². The minimum Gasteiger partial charge on any atom is -0.313 e. The van der Waals surface area contributed by atoms with Crippen molar-refractivity contribution in [3.8, 4) is 0 Å². The van der Waals surface area contributed by atoms with E-state index in [1.54, 1.807) is 11.8 Å². The molecule has 0 aliphatic heterocycles. The first kappa shape index (κ1) is 13.1. The Morgan fingerprint density at radius 1 is 1.39 bits per heavy atom. The van der Waals surface area contributed by atoms with Crippen molar-refractivity contribution in [2.75, 3.05) is 6.54 Å². The Kier molecular flexibility index (Phi) is 4.78. The minimum atomic E-state index is 0.829. The molecule has 1 aromatic heterocycles. The topological polar surface area (TPSA) is 53.6 Å². The maximum absolute atomic E-state index is 4.15. The van der Waals surface area contributed by atoms with Crippen LogP contribution in [-0.4, -0.2) is 21.7 Å². The van der Waals surface area contributed by atoms with Crippen LogP contribution >= 0.6 is 11.8 Å². The molecule has 2 rings (SSSR count). The summed E-state index contributed by atoms with van der Waals surface area (Å²) in [5, 5.41) is 11.0. The second-order valence-electron chi connectivity index (χ2n) is 4.18. The maximum atomic E-state index is 4.15. The van der Waals surface area contributed by atoms with Crippen LogP contribution in [0.2, 0.25) is 0 Å². The van der Waals surface area contributed by atoms with Crippen molar-refractivity contribution >= 4 is 11.8 Å². The van der Waals surface area contributed by atoms with Crippen LogP contribution in [0.15, 0.2) is 34.6 Å². The molecule has 0 fully saturated rings. The van der Waals surface area contributed by atoms with Crippen LogP contribution in [0, 0.1) is 6.92 Å². The normalized spacial score (nSPS) is 10.8. The molecule has 18 heavy (non-hydrogen) atoms. The number of hydrogen-bond donors (Lipinski definition) is 2. The van der Waals surface area contributed by atoms with Gasteiger partial charge in [-0.15, -0.1) is 0 Å². The highest BCUT2D eigenvalue weighted by atomic mass is 32.2. The maximum Gasteiger partial charge on any atom is 0.188 e. The van der Waals surface area contributed by atoms with Gasteiger partial charge in [0, 0.05) is 11.4 Å². The van der Waals surface area contributed by atoms with Gasteiger partial charge in [-0.05, 0) is 31.5 Å². The number of rotatable bonds is 6. The van der Waals surface area contributed by atoms with Crippen LogP contribution in [-0.2, 0) is 6.54 Å².